The molecule has 0 bridgehead atoms. The number of fused-ring (bicyclic) bond motifs is 2. The van der Waals surface area contributed by atoms with Gasteiger partial charge in [-0.1, -0.05) is 96.3 Å². The number of nitrogens with zero attached hydrogens (tertiary/aromatic N) is 2. The first-order valence-electron chi connectivity index (χ1n) is 11.5. The molecular formula is C29H24N2O3S. The Labute approximate surface area is 206 Å². The molecule has 3 aromatic carbocycles. The van der Waals surface area contributed by atoms with E-state index in [9.17, 15) is 9.59 Å². The lowest BCUT2D eigenvalue weighted by atomic mass is 10.0. The van der Waals surface area contributed by atoms with Crippen molar-refractivity contribution in [3.05, 3.63) is 121 Å². The zero-order valence-corrected chi connectivity index (χ0v) is 20.3. The Morgan fingerprint density at radius 1 is 1.06 bits per heavy atom. The Kier molecular flexibility index (Phi) is 6.29. The summed E-state index contributed by atoms with van der Waals surface area (Å²) in [6, 6.07) is 23.3. The highest BCUT2D eigenvalue weighted by Crippen LogP contribution is 2.26. The standard InChI is InChI=1S/C29H24N2O3S/c1-3-34-28(33)26-19(2)30-29-31(24(26)17-16-20-10-5-4-6-11-20)27(32)25(35-29)18-22-14-9-13-21-12-7-8-15-23(21)22/h4-18,24H,3H2,1-2H3/b17-16+,25-18+/t24-/m1/s1. The third-order valence-corrected chi connectivity index (χ3v) is 6.92. The number of hydrogen-bond acceptors (Lipinski definition) is 5. The highest BCUT2D eigenvalue weighted by Gasteiger charge is 2.30. The largest absolute Gasteiger partial charge is 0.463 e. The molecule has 0 amide bonds. The number of allylic oxidation sites excluding steroid dienone is 2. The van der Waals surface area contributed by atoms with Gasteiger partial charge < -0.3 is 4.74 Å². The zero-order chi connectivity index (χ0) is 24.4. The van der Waals surface area contributed by atoms with Crippen LogP contribution in [0.1, 0.15) is 31.0 Å². The second-order valence-corrected chi connectivity index (χ2v) is 9.19. The zero-order valence-electron chi connectivity index (χ0n) is 19.5. The van der Waals surface area contributed by atoms with E-state index in [1.54, 1.807) is 18.4 Å². The molecule has 0 fully saturated rings. The summed E-state index contributed by atoms with van der Waals surface area (Å²) in [4.78, 5) is 31.8. The second kappa shape index (κ2) is 9.68. The maximum Gasteiger partial charge on any atom is 0.338 e. The number of esters is 1. The Hall–Kier alpha value is -4.03. The van der Waals surface area contributed by atoms with Gasteiger partial charge in [0.05, 0.1) is 28.5 Å². The first-order chi connectivity index (χ1) is 17.1. The van der Waals surface area contributed by atoms with Crippen molar-refractivity contribution in [1.82, 2.24) is 4.57 Å². The summed E-state index contributed by atoms with van der Waals surface area (Å²) in [5.41, 5.74) is 2.69. The summed E-state index contributed by atoms with van der Waals surface area (Å²) >= 11 is 1.33. The third-order valence-electron chi connectivity index (χ3n) is 5.94. The molecule has 0 spiro atoms. The van der Waals surface area contributed by atoms with Crippen LogP contribution in [0.4, 0.5) is 0 Å². The van der Waals surface area contributed by atoms with Crippen LogP contribution in [0.3, 0.4) is 0 Å². The van der Waals surface area contributed by atoms with Crippen LogP contribution in [0.15, 0.2) is 99.9 Å². The maximum atomic E-state index is 13.7. The molecule has 0 radical (unpaired) electrons. The van der Waals surface area contributed by atoms with Crippen molar-refractivity contribution in [1.29, 1.82) is 0 Å². The molecule has 1 aliphatic rings. The van der Waals surface area contributed by atoms with Crippen LogP contribution in [-0.4, -0.2) is 17.1 Å². The molecule has 4 aromatic rings. The molecule has 5 nitrogen and oxygen atoms in total. The number of benzene rings is 3. The number of ether oxygens (including phenoxy) is 1. The Morgan fingerprint density at radius 3 is 2.60 bits per heavy atom. The predicted octanol–water partition coefficient (Wildman–Crippen LogP) is 4.62. The van der Waals surface area contributed by atoms with Crippen molar-refractivity contribution < 1.29 is 9.53 Å². The number of thiazole rings is 1. The summed E-state index contributed by atoms with van der Waals surface area (Å²) in [5.74, 6) is -0.459. The Morgan fingerprint density at radius 2 is 1.80 bits per heavy atom. The number of carbonyl (C=O) groups is 1. The van der Waals surface area contributed by atoms with E-state index in [0.717, 1.165) is 21.9 Å². The van der Waals surface area contributed by atoms with E-state index in [2.05, 4.69) is 17.1 Å². The summed E-state index contributed by atoms with van der Waals surface area (Å²) < 4.78 is 7.49. The maximum absolute atomic E-state index is 13.7. The van der Waals surface area contributed by atoms with Gasteiger partial charge in [-0.3, -0.25) is 9.36 Å². The lowest BCUT2D eigenvalue weighted by Gasteiger charge is -2.21. The second-order valence-electron chi connectivity index (χ2n) is 8.18. The highest BCUT2D eigenvalue weighted by molar-refractivity contribution is 7.07. The third kappa shape index (κ3) is 4.40. The van der Waals surface area contributed by atoms with Gasteiger partial charge in [-0.2, -0.15) is 0 Å². The predicted molar refractivity (Wildman–Crippen MR) is 141 cm³/mol. The molecule has 6 heteroatoms. The van der Waals surface area contributed by atoms with E-state index >= 15 is 0 Å². The van der Waals surface area contributed by atoms with Gasteiger partial charge in [0.15, 0.2) is 4.80 Å². The average molecular weight is 481 g/mol. The van der Waals surface area contributed by atoms with Crippen LogP contribution in [0, 0.1) is 0 Å². The van der Waals surface area contributed by atoms with Crippen LogP contribution in [0.5, 0.6) is 0 Å². The van der Waals surface area contributed by atoms with Crippen molar-refractivity contribution in [2.45, 2.75) is 19.9 Å². The van der Waals surface area contributed by atoms with Crippen LogP contribution < -0.4 is 14.9 Å². The normalized spacial score (nSPS) is 15.9. The molecule has 0 aliphatic carbocycles. The summed E-state index contributed by atoms with van der Waals surface area (Å²) in [6.45, 7) is 3.80. The lowest BCUT2D eigenvalue weighted by molar-refractivity contribution is -0.139. The minimum absolute atomic E-state index is 0.182. The Balaban J connectivity index is 1.69. The molecule has 0 saturated heterocycles. The van der Waals surface area contributed by atoms with Gasteiger partial charge in [-0.15, -0.1) is 0 Å². The van der Waals surface area contributed by atoms with E-state index in [1.165, 1.54) is 11.3 Å². The van der Waals surface area contributed by atoms with Crippen LogP contribution >= 0.6 is 11.3 Å². The van der Waals surface area contributed by atoms with Gasteiger partial charge in [0.2, 0.25) is 0 Å². The molecule has 2 heterocycles. The summed E-state index contributed by atoms with van der Waals surface area (Å²) in [6.07, 6.45) is 5.71. The molecule has 35 heavy (non-hydrogen) atoms. The molecule has 0 saturated carbocycles. The quantitative estimate of drug-likeness (QED) is 0.392. The minimum Gasteiger partial charge on any atom is -0.463 e. The van der Waals surface area contributed by atoms with Crippen molar-refractivity contribution in [2.24, 2.45) is 4.99 Å². The van der Waals surface area contributed by atoms with Gasteiger partial charge in [0.1, 0.15) is 0 Å². The van der Waals surface area contributed by atoms with Gasteiger partial charge in [0.25, 0.3) is 5.56 Å². The van der Waals surface area contributed by atoms with Crippen molar-refractivity contribution in [2.75, 3.05) is 6.61 Å². The van der Waals surface area contributed by atoms with Crippen LogP contribution in [-0.2, 0) is 9.53 Å². The lowest BCUT2D eigenvalue weighted by Crippen LogP contribution is -2.38. The van der Waals surface area contributed by atoms with Crippen LogP contribution in [0.2, 0.25) is 0 Å². The summed E-state index contributed by atoms with van der Waals surface area (Å²) in [5, 5.41) is 2.18. The van der Waals surface area contributed by atoms with Gasteiger partial charge in [0, 0.05) is 0 Å². The number of hydrogen-bond donors (Lipinski definition) is 0. The first kappa shape index (κ1) is 22.7. The number of aromatic nitrogens is 1. The fourth-order valence-electron chi connectivity index (χ4n) is 4.30. The fourth-order valence-corrected chi connectivity index (χ4v) is 5.35. The number of carbonyl (C=O) groups excluding carboxylic acids is 1. The molecule has 1 aliphatic heterocycles. The molecule has 1 aromatic heterocycles. The average Bonchev–Trinajstić information content (AvgIpc) is 3.17. The van der Waals surface area contributed by atoms with E-state index in [0.29, 0.717) is 20.6 Å². The van der Waals surface area contributed by atoms with E-state index < -0.39 is 12.0 Å². The molecule has 0 unspecified atom stereocenters. The molecule has 174 valence electrons. The molecule has 0 N–H and O–H groups in total. The van der Waals surface area contributed by atoms with Crippen molar-refractivity contribution in [3.8, 4) is 0 Å². The van der Waals surface area contributed by atoms with Gasteiger partial charge >= 0.3 is 5.97 Å². The molecular weight excluding hydrogens is 456 g/mol. The first-order valence-corrected chi connectivity index (χ1v) is 12.3. The van der Waals surface area contributed by atoms with Crippen molar-refractivity contribution in [3.63, 3.8) is 0 Å². The van der Waals surface area contributed by atoms with E-state index in [4.69, 9.17) is 4.74 Å². The molecule has 5 rings (SSSR count). The minimum atomic E-state index is -0.611. The van der Waals surface area contributed by atoms with Crippen LogP contribution in [0.25, 0.3) is 22.9 Å². The van der Waals surface area contributed by atoms with Gasteiger partial charge in [-0.05, 0) is 41.8 Å². The highest BCUT2D eigenvalue weighted by atomic mass is 32.1. The monoisotopic (exact) mass is 480 g/mol. The molecule has 1 atom stereocenters. The van der Waals surface area contributed by atoms with Gasteiger partial charge in [-0.25, -0.2) is 9.79 Å². The van der Waals surface area contributed by atoms with E-state index in [1.807, 2.05) is 78.9 Å². The summed E-state index contributed by atoms with van der Waals surface area (Å²) in [7, 11) is 0. The smallest absolute Gasteiger partial charge is 0.338 e. The van der Waals surface area contributed by atoms with Crippen molar-refractivity contribution >= 4 is 40.2 Å². The SMILES string of the molecule is CCOC(=O)C1=C(C)N=c2s/c(=C/c3cccc4ccccc34)c(=O)n2[C@@H]1/C=C/c1ccccc1. The fraction of sp³-hybridized carbons (Fsp3) is 0.138. The van der Waals surface area contributed by atoms with E-state index in [-0.39, 0.29) is 12.2 Å². The topological polar surface area (TPSA) is 60.7 Å². The number of rotatable bonds is 5. The Bertz CT molecular complexity index is 1650.